The van der Waals surface area contributed by atoms with E-state index in [4.69, 9.17) is 14.2 Å². The fourth-order valence-corrected chi connectivity index (χ4v) is 4.74. The van der Waals surface area contributed by atoms with Crippen LogP contribution < -0.4 is 4.74 Å². The van der Waals surface area contributed by atoms with Crippen molar-refractivity contribution in [3.05, 3.63) is 65.0 Å². The van der Waals surface area contributed by atoms with E-state index in [1.165, 1.54) is 11.3 Å². The minimum atomic E-state index is -0.519. The number of esters is 1. The van der Waals surface area contributed by atoms with Crippen LogP contribution in [0.25, 0.3) is 10.1 Å². The van der Waals surface area contributed by atoms with E-state index in [0.29, 0.717) is 36.6 Å². The molecule has 1 fully saturated rings. The first-order valence-electron chi connectivity index (χ1n) is 11.2. The number of hydrogen-bond donors (Lipinski definition) is 0. The van der Waals surface area contributed by atoms with E-state index >= 15 is 0 Å². The first kappa shape index (κ1) is 23.1. The fourth-order valence-electron chi connectivity index (χ4n) is 3.71. The Kier molecular flexibility index (Phi) is 6.88. The number of hydrogen-bond acceptors (Lipinski definition) is 6. The summed E-state index contributed by atoms with van der Waals surface area (Å²) in [5.41, 5.74) is 0.415. The van der Waals surface area contributed by atoms with E-state index in [1.54, 1.807) is 4.90 Å². The number of fused-ring (bicyclic) bond motifs is 1. The summed E-state index contributed by atoms with van der Waals surface area (Å²) in [7, 11) is 0. The summed E-state index contributed by atoms with van der Waals surface area (Å²) >= 11 is 1.38. The highest BCUT2D eigenvalue weighted by atomic mass is 32.1. The van der Waals surface area contributed by atoms with E-state index in [-0.39, 0.29) is 24.8 Å². The highest BCUT2D eigenvalue weighted by molar-refractivity contribution is 7.21. The number of benzene rings is 2. The number of carbonyl (C=O) groups is 2. The molecule has 0 atom stereocenters. The van der Waals surface area contributed by atoms with Crippen molar-refractivity contribution in [2.75, 3.05) is 13.1 Å². The van der Waals surface area contributed by atoms with Crippen LogP contribution in [0.1, 0.15) is 48.8 Å². The number of thiophene rings is 1. The molecule has 1 amide bonds. The van der Waals surface area contributed by atoms with Gasteiger partial charge in [0.25, 0.3) is 0 Å². The molecule has 0 bridgehead atoms. The zero-order valence-corrected chi connectivity index (χ0v) is 20.0. The van der Waals surface area contributed by atoms with Crippen molar-refractivity contribution in [3.63, 3.8) is 0 Å². The molecule has 0 radical (unpaired) electrons. The van der Waals surface area contributed by atoms with Gasteiger partial charge in [0.1, 0.15) is 18.3 Å². The Labute approximate surface area is 198 Å². The number of nitrogens with zero attached hydrogens (tertiary/aromatic N) is 1. The van der Waals surface area contributed by atoms with Gasteiger partial charge in [0, 0.05) is 36.0 Å². The fraction of sp³-hybridized carbons (Fsp3) is 0.385. The van der Waals surface area contributed by atoms with Crippen LogP contribution in [0.15, 0.2) is 54.6 Å². The molecular formula is C26H29NO5S. The van der Waals surface area contributed by atoms with Crippen molar-refractivity contribution in [2.45, 2.75) is 51.9 Å². The molecule has 174 valence electrons. The molecule has 2 heterocycles. The van der Waals surface area contributed by atoms with E-state index in [2.05, 4.69) is 0 Å². The van der Waals surface area contributed by atoms with Gasteiger partial charge in [-0.15, -0.1) is 11.3 Å². The molecule has 3 aromatic rings. The van der Waals surface area contributed by atoms with Crippen molar-refractivity contribution in [1.29, 1.82) is 0 Å². The number of ether oxygens (including phenoxy) is 3. The Morgan fingerprint density at radius 1 is 1.00 bits per heavy atom. The van der Waals surface area contributed by atoms with Gasteiger partial charge in [0.05, 0.1) is 0 Å². The van der Waals surface area contributed by atoms with Crippen molar-refractivity contribution in [1.82, 2.24) is 4.90 Å². The molecule has 2 aromatic carbocycles. The Hall–Kier alpha value is -3.06. The van der Waals surface area contributed by atoms with Gasteiger partial charge in [-0.25, -0.2) is 9.59 Å². The first-order valence-corrected chi connectivity index (χ1v) is 12.0. The SMILES string of the molecule is CC(C)(C)OC(=O)N1CCC(Oc2c(C(=O)OCc3ccccc3)sc3ccccc23)CC1. The van der Waals surface area contributed by atoms with Crippen LogP contribution >= 0.6 is 11.3 Å². The third kappa shape index (κ3) is 5.85. The number of amides is 1. The summed E-state index contributed by atoms with van der Waals surface area (Å²) in [5, 5.41) is 0.906. The molecule has 7 heteroatoms. The monoisotopic (exact) mass is 467 g/mol. The highest BCUT2D eigenvalue weighted by Gasteiger charge is 2.30. The summed E-state index contributed by atoms with van der Waals surface area (Å²) in [5.74, 6) is 0.186. The lowest BCUT2D eigenvalue weighted by Crippen LogP contribution is -2.44. The average molecular weight is 468 g/mol. The lowest BCUT2D eigenvalue weighted by atomic mass is 10.1. The summed E-state index contributed by atoms with van der Waals surface area (Å²) < 4.78 is 18.4. The van der Waals surface area contributed by atoms with Gasteiger partial charge in [-0.05, 0) is 38.5 Å². The number of likely N-dealkylation sites (tertiary alicyclic amines) is 1. The molecule has 0 N–H and O–H groups in total. The number of rotatable bonds is 5. The van der Waals surface area contributed by atoms with Crippen LogP contribution in [-0.4, -0.2) is 41.8 Å². The molecule has 0 saturated carbocycles. The largest absolute Gasteiger partial charge is 0.488 e. The summed E-state index contributed by atoms with van der Waals surface area (Å²) in [6.07, 6.45) is 0.943. The molecule has 1 aliphatic heterocycles. The normalized spacial score (nSPS) is 14.8. The zero-order valence-electron chi connectivity index (χ0n) is 19.2. The molecule has 33 heavy (non-hydrogen) atoms. The predicted molar refractivity (Wildman–Crippen MR) is 129 cm³/mol. The number of carbonyl (C=O) groups excluding carboxylic acids is 2. The van der Waals surface area contributed by atoms with E-state index in [0.717, 1.165) is 15.6 Å². The Bertz CT molecular complexity index is 1110. The molecule has 1 saturated heterocycles. The van der Waals surface area contributed by atoms with Gasteiger partial charge in [0.2, 0.25) is 0 Å². The van der Waals surface area contributed by atoms with E-state index in [1.807, 2.05) is 75.4 Å². The second-order valence-corrected chi connectivity index (χ2v) is 10.2. The van der Waals surface area contributed by atoms with Gasteiger partial charge in [-0.2, -0.15) is 0 Å². The maximum Gasteiger partial charge on any atom is 0.410 e. The Morgan fingerprint density at radius 3 is 2.36 bits per heavy atom. The first-order chi connectivity index (χ1) is 15.8. The summed E-state index contributed by atoms with van der Waals surface area (Å²) in [4.78, 5) is 27.5. The molecular weight excluding hydrogens is 438 g/mol. The zero-order chi connectivity index (χ0) is 23.4. The van der Waals surface area contributed by atoms with Crippen molar-refractivity contribution < 1.29 is 23.8 Å². The minimum Gasteiger partial charge on any atom is -0.488 e. The summed E-state index contributed by atoms with van der Waals surface area (Å²) in [6.45, 7) is 6.90. The van der Waals surface area contributed by atoms with Crippen LogP contribution in [0.2, 0.25) is 0 Å². The van der Waals surface area contributed by atoms with E-state index < -0.39 is 5.60 Å². The van der Waals surface area contributed by atoms with Gasteiger partial charge >= 0.3 is 12.1 Å². The smallest absolute Gasteiger partial charge is 0.410 e. The Morgan fingerprint density at radius 2 is 1.67 bits per heavy atom. The molecule has 0 spiro atoms. The van der Waals surface area contributed by atoms with Crippen molar-refractivity contribution in [2.24, 2.45) is 0 Å². The lowest BCUT2D eigenvalue weighted by Gasteiger charge is -2.33. The second-order valence-electron chi connectivity index (χ2n) is 9.10. The van der Waals surface area contributed by atoms with Crippen molar-refractivity contribution in [3.8, 4) is 5.75 Å². The minimum absolute atomic E-state index is 0.0950. The molecule has 6 nitrogen and oxygen atoms in total. The third-order valence-corrected chi connectivity index (χ3v) is 6.46. The van der Waals surface area contributed by atoms with Crippen LogP contribution in [0, 0.1) is 0 Å². The molecule has 1 aliphatic rings. The van der Waals surface area contributed by atoms with Crippen molar-refractivity contribution >= 4 is 33.5 Å². The molecule has 0 unspecified atom stereocenters. The van der Waals surface area contributed by atoms with Crippen LogP contribution in [-0.2, 0) is 16.1 Å². The summed E-state index contributed by atoms with van der Waals surface area (Å²) in [6, 6.07) is 17.4. The molecule has 0 aliphatic carbocycles. The predicted octanol–water partition coefficient (Wildman–Crippen LogP) is 6.04. The van der Waals surface area contributed by atoms with Gasteiger partial charge in [0.15, 0.2) is 10.6 Å². The lowest BCUT2D eigenvalue weighted by molar-refractivity contribution is 0.0127. The average Bonchev–Trinajstić information content (AvgIpc) is 3.16. The maximum atomic E-state index is 13.0. The quantitative estimate of drug-likeness (QED) is 0.428. The Balaban J connectivity index is 1.45. The highest BCUT2D eigenvalue weighted by Crippen LogP contribution is 2.39. The van der Waals surface area contributed by atoms with Crippen LogP contribution in [0.5, 0.6) is 5.75 Å². The van der Waals surface area contributed by atoms with Gasteiger partial charge < -0.3 is 19.1 Å². The maximum absolute atomic E-state index is 13.0. The van der Waals surface area contributed by atoms with Crippen LogP contribution in [0.3, 0.4) is 0 Å². The molecule has 4 rings (SSSR count). The van der Waals surface area contributed by atoms with E-state index in [9.17, 15) is 9.59 Å². The van der Waals surface area contributed by atoms with Gasteiger partial charge in [-0.1, -0.05) is 42.5 Å². The number of piperidine rings is 1. The topological polar surface area (TPSA) is 65.1 Å². The molecule has 1 aromatic heterocycles. The standard InChI is InChI=1S/C26H29NO5S/c1-26(2,3)32-25(29)27-15-13-19(14-16-27)31-22-20-11-7-8-12-21(20)33-23(22)24(28)30-17-18-9-5-4-6-10-18/h4-12,19H,13-17H2,1-3H3. The van der Waals surface area contributed by atoms with Gasteiger partial charge in [-0.3, -0.25) is 0 Å². The second kappa shape index (κ2) is 9.83. The third-order valence-electron chi connectivity index (χ3n) is 5.33. The van der Waals surface area contributed by atoms with Crippen LogP contribution in [0.4, 0.5) is 4.79 Å².